The first-order valence-corrected chi connectivity index (χ1v) is 6.59. The van der Waals surface area contributed by atoms with Crippen molar-refractivity contribution < 1.29 is 19.4 Å². The number of rotatable bonds is 7. The van der Waals surface area contributed by atoms with E-state index in [0.717, 1.165) is 5.75 Å². The molecule has 112 valence electrons. The summed E-state index contributed by atoms with van der Waals surface area (Å²) in [4.78, 5) is 11.3. The quantitative estimate of drug-likeness (QED) is 0.737. The minimum atomic E-state index is -1.53. The van der Waals surface area contributed by atoms with Crippen LogP contribution in [0.15, 0.2) is 24.3 Å². The van der Waals surface area contributed by atoms with E-state index in [1.54, 1.807) is 0 Å². The minimum absolute atomic E-state index is 0.00701. The number of ether oxygens (including phenoxy) is 2. The van der Waals surface area contributed by atoms with Gasteiger partial charge in [-0.05, 0) is 32.9 Å². The molecule has 0 heterocycles. The van der Waals surface area contributed by atoms with Gasteiger partial charge in [0.15, 0.2) is 5.60 Å². The zero-order chi connectivity index (χ0) is 15.2. The minimum Gasteiger partial charge on any atom is -0.492 e. The predicted octanol–water partition coefficient (Wildman–Crippen LogP) is 1.28. The fraction of sp³-hybridized carbons (Fsp3) is 0.533. The molecule has 0 bridgehead atoms. The molecule has 0 saturated heterocycles. The molecule has 0 fully saturated rings. The van der Waals surface area contributed by atoms with Crippen LogP contribution in [0, 0.1) is 6.92 Å². The summed E-state index contributed by atoms with van der Waals surface area (Å²) in [6.45, 7) is 5.90. The average molecular weight is 281 g/mol. The van der Waals surface area contributed by atoms with E-state index in [9.17, 15) is 9.90 Å². The second-order valence-corrected chi connectivity index (χ2v) is 5.17. The van der Waals surface area contributed by atoms with Gasteiger partial charge in [0.1, 0.15) is 12.4 Å². The molecule has 1 rings (SSSR count). The largest absolute Gasteiger partial charge is 0.492 e. The number of benzene rings is 1. The number of carbonyl (C=O) groups excluding carboxylic acids is 1. The standard InChI is InChI=1S/C15H23NO4/c1-11-5-7-13(8-6-11)20-9-12(2)16-10-15(3,18)14(17)19-4/h5-8,12,16,18H,9-10H2,1-4H3. The number of carbonyl (C=O) groups is 1. The van der Waals surface area contributed by atoms with Gasteiger partial charge in [-0.1, -0.05) is 17.7 Å². The summed E-state index contributed by atoms with van der Waals surface area (Å²) < 4.78 is 10.1. The maximum atomic E-state index is 11.3. The van der Waals surface area contributed by atoms with Crippen LogP contribution < -0.4 is 10.1 Å². The van der Waals surface area contributed by atoms with Crippen LogP contribution in [0.5, 0.6) is 5.75 Å². The fourth-order valence-corrected chi connectivity index (χ4v) is 1.58. The predicted molar refractivity (Wildman–Crippen MR) is 76.8 cm³/mol. The van der Waals surface area contributed by atoms with Gasteiger partial charge in [-0.2, -0.15) is 0 Å². The molecule has 1 aromatic rings. The highest BCUT2D eigenvalue weighted by Gasteiger charge is 2.31. The summed E-state index contributed by atoms with van der Waals surface area (Å²) in [5, 5.41) is 12.9. The molecule has 2 atom stereocenters. The van der Waals surface area contributed by atoms with E-state index in [1.807, 2.05) is 38.1 Å². The molecule has 20 heavy (non-hydrogen) atoms. The summed E-state index contributed by atoms with van der Waals surface area (Å²) in [6.07, 6.45) is 0. The zero-order valence-electron chi connectivity index (χ0n) is 12.5. The normalized spacial score (nSPS) is 15.2. The number of hydrogen-bond acceptors (Lipinski definition) is 5. The zero-order valence-corrected chi connectivity index (χ0v) is 12.5. The second-order valence-electron chi connectivity index (χ2n) is 5.17. The van der Waals surface area contributed by atoms with Crippen LogP contribution in [0.1, 0.15) is 19.4 Å². The van der Waals surface area contributed by atoms with Crippen molar-refractivity contribution in [2.24, 2.45) is 0 Å². The van der Waals surface area contributed by atoms with Crippen LogP contribution in [0.3, 0.4) is 0 Å². The van der Waals surface area contributed by atoms with Crippen molar-refractivity contribution >= 4 is 5.97 Å². The third kappa shape index (κ3) is 5.19. The van der Waals surface area contributed by atoms with Gasteiger partial charge in [0, 0.05) is 12.6 Å². The first-order chi connectivity index (χ1) is 9.35. The van der Waals surface area contributed by atoms with Gasteiger partial charge in [0.05, 0.1) is 7.11 Å². The van der Waals surface area contributed by atoms with Gasteiger partial charge in [0.2, 0.25) is 0 Å². The monoisotopic (exact) mass is 281 g/mol. The average Bonchev–Trinajstić information content (AvgIpc) is 2.43. The number of hydrogen-bond donors (Lipinski definition) is 2. The lowest BCUT2D eigenvalue weighted by Crippen LogP contribution is -2.48. The van der Waals surface area contributed by atoms with E-state index < -0.39 is 11.6 Å². The Balaban J connectivity index is 2.35. The third-order valence-corrected chi connectivity index (χ3v) is 2.94. The molecule has 0 aliphatic carbocycles. The highest BCUT2D eigenvalue weighted by molar-refractivity contribution is 5.78. The number of nitrogens with one attached hydrogen (secondary N) is 1. The van der Waals surface area contributed by atoms with Crippen LogP contribution in [0.4, 0.5) is 0 Å². The van der Waals surface area contributed by atoms with Crippen LogP contribution in [-0.4, -0.2) is 43.0 Å². The maximum absolute atomic E-state index is 11.3. The van der Waals surface area contributed by atoms with Gasteiger partial charge < -0.3 is 19.9 Å². The van der Waals surface area contributed by atoms with Crippen LogP contribution in [0.25, 0.3) is 0 Å². The molecule has 5 nitrogen and oxygen atoms in total. The van der Waals surface area contributed by atoms with Gasteiger partial charge in [-0.3, -0.25) is 0 Å². The first kappa shape index (κ1) is 16.5. The summed E-state index contributed by atoms with van der Waals surface area (Å²) in [6, 6.07) is 7.78. The molecule has 2 unspecified atom stereocenters. The Morgan fingerprint density at radius 3 is 2.55 bits per heavy atom. The molecule has 0 radical (unpaired) electrons. The van der Waals surface area contributed by atoms with Crippen molar-refractivity contribution in [1.29, 1.82) is 0 Å². The van der Waals surface area contributed by atoms with Gasteiger partial charge in [0.25, 0.3) is 0 Å². The molecule has 0 aromatic heterocycles. The van der Waals surface area contributed by atoms with E-state index in [1.165, 1.54) is 19.6 Å². The molecule has 0 spiro atoms. The molecule has 1 aromatic carbocycles. The maximum Gasteiger partial charge on any atom is 0.338 e. The lowest BCUT2D eigenvalue weighted by atomic mass is 10.1. The fourth-order valence-electron chi connectivity index (χ4n) is 1.58. The van der Waals surface area contributed by atoms with E-state index in [-0.39, 0.29) is 12.6 Å². The van der Waals surface area contributed by atoms with E-state index >= 15 is 0 Å². The Hall–Kier alpha value is -1.59. The highest BCUT2D eigenvalue weighted by Crippen LogP contribution is 2.11. The topological polar surface area (TPSA) is 67.8 Å². The number of esters is 1. The molecule has 0 amide bonds. The molecule has 0 aliphatic rings. The van der Waals surface area contributed by atoms with E-state index in [0.29, 0.717) is 6.61 Å². The van der Waals surface area contributed by atoms with Crippen molar-refractivity contribution in [2.75, 3.05) is 20.3 Å². The van der Waals surface area contributed by atoms with Crippen LogP contribution in [-0.2, 0) is 9.53 Å². The number of methoxy groups -OCH3 is 1. The van der Waals surface area contributed by atoms with Crippen molar-refractivity contribution in [3.05, 3.63) is 29.8 Å². The van der Waals surface area contributed by atoms with Crippen molar-refractivity contribution in [3.8, 4) is 5.75 Å². The summed E-state index contributed by atoms with van der Waals surface area (Å²) in [5.41, 5.74) is -0.356. The highest BCUT2D eigenvalue weighted by atomic mass is 16.5. The van der Waals surface area contributed by atoms with Crippen LogP contribution >= 0.6 is 0 Å². The SMILES string of the molecule is COC(=O)C(C)(O)CNC(C)COc1ccc(C)cc1. The van der Waals surface area contributed by atoms with Crippen molar-refractivity contribution in [3.63, 3.8) is 0 Å². The Kier molecular flexibility index (Phi) is 5.98. The Labute approximate surface area is 119 Å². The smallest absolute Gasteiger partial charge is 0.338 e. The molecular formula is C15H23NO4. The van der Waals surface area contributed by atoms with Crippen molar-refractivity contribution in [2.45, 2.75) is 32.4 Å². The van der Waals surface area contributed by atoms with Crippen molar-refractivity contribution in [1.82, 2.24) is 5.32 Å². The lowest BCUT2D eigenvalue weighted by molar-refractivity contribution is -0.160. The number of aryl methyl sites for hydroxylation is 1. The summed E-state index contributed by atoms with van der Waals surface area (Å²) >= 11 is 0. The Bertz CT molecular complexity index is 428. The molecule has 5 heteroatoms. The van der Waals surface area contributed by atoms with Gasteiger partial charge in [-0.25, -0.2) is 4.79 Å². The summed E-state index contributed by atoms with van der Waals surface area (Å²) in [7, 11) is 1.25. The number of aliphatic hydroxyl groups is 1. The second kappa shape index (κ2) is 7.26. The molecular weight excluding hydrogens is 258 g/mol. The Morgan fingerprint density at radius 2 is 2.00 bits per heavy atom. The molecule has 2 N–H and O–H groups in total. The van der Waals surface area contributed by atoms with Gasteiger partial charge in [-0.15, -0.1) is 0 Å². The Morgan fingerprint density at radius 1 is 1.40 bits per heavy atom. The lowest BCUT2D eigenvalue weighted by Gasteiger charge is -2.23. The van der Waals surface area contributed by atoms with E-state index in [2.05, 4.69) is 10.1 Å². The summed E-state index contributed by atoms with van der Waals surface area (Å²) in [5.74, 6) is 0.139. The van der Waals surface area contributed by atoms with E-state index in [4.69, 9.17) is 4.74 Å². The van der Waals surface area contributed by atoms with Gasteiger partial charge >= 0.3 is 5.97 Å². The van der Waals surface area contributed by atoms with Crippen LogP contribution in [0.2, 0.25) is 0 Å². The third-order valence-electron chi connectivity index (χ3n) is 2.94. The molecule has 0 saturated carbocycles. The molecule has 0 aliphatic heterocycles. The first-order valence-electron chi connectivity index (χ1n) is 6.59.